The van der Waals surface area contributed by atoms with Crippen molar-refractivity contribution in [1.82, 2.24) is 5.32 Å². The van der Waals surface area contributed by atoms with E-state index in [1.807, 2.05) is 63.2 Å². The average molecular weight is 351 g/mol. The molecule has 0 unspecified atom stereocenters. The predicted octanol–water partition coefficient (Wildman–Crippen LogP) is 4.18. The summed E-state index contributed by atoms with van der Waals surface area (Å²) in [5, 5.41) is 2.66. The number of ether oxygens (including phenoxy) is 2. The molecule has 26 heavy (non-hydrogen) atoms. The summed E-state index contributed by atoms with van der Waals surface area (Å²) in [6.07, 6.45) is 0.271. The van der Waals surface area contributed by atoms with E-state index in [9.17, 15) is 4.79 Å². The van der Waals surface area contributed by atoms with Crippen LogP contribution in [0, 0.1) is 11.8 Å². The van der Waals surface area contributed by atoms with Gasteiger partial charge in [0, 0.05) is 12.0 Å². The lowest BCUT2D eigenvalue weighted by atomic mass is 10.1. The van der Waals surface area contributed by atoms with Crippen molar-refractivity contribution in [3.05, 3.63) is 65.7 Å². The minimum atomic E-state index is -0.502. The molecule has 0 aliphatic heterocycles. The summed E-state index contributed by atoms with van der Waals surface area (Å²) < 4.78 is 10.8. The number of benzene rings is 2. The predicted molar refractivity (Wildman–Crippen MR) is 103 cm³/mol. The zero-order chi connectivity index (χ0) is 18.8. The summed E-state index contributed by atoms with van der Waals surface area (Å²) in [7, 11) is 0. The minimum absolute atomic E-state index is 0.361. The Bertz CT molecular complexity index is 767. The molecular weight excluding hydrogens is 326 g/mol. The molecule has 4 heteroatoms. The van der Waals surface area contributed by atoms with Crippen LogP contribution in [0.3, 0.4) is 0 Å². The van der Waals surface area contributed by atoms with Gasteiger partial charge in [-0.1, -0.05) is 48.2 Å². The molecule has 0 saturated heterocycles. The minimum Gasteiger partial charge on any atom is -0.492 e. The molecule has 1 amide bonds. The second-order valence-electron chi connectivity index (χ2n) is 6.77. The fourth-order valence-corrected chi connectivity index (χ4v) is 2.14. The van der Waals surface area contributed by atoms with E-state index in [0.717, 1.165) is 11.3 Å². The van der Waals surface area contributed by atoms with Crippen molar-refractivity contribution < 1.29 is 14.3 Å². The number of hydrogen-bond acceptors (Lipinski definition) is 3. The third kappa shape index (κ3) is 7.76. The van der Waals surface area contributed by atoms with E-state index in [4.69, 9.17) is 9.47 Å². The van der Waals surface area contributed by atoms with Gasteiger partial charge < -0.3 is 14.8 Å². The van der Waals surface area contributed by atoms with Crippen LogP contribution in [0.1, 0.15) is 31.9 Å². The van der Waals surface area contributed by atoms with Gasteiger partial charge in [0.2, 0.25) is 0 Å². The van der Waals surface area contributed by atoms with E-state index in [-0.39, 0.29) is 0 Å². The SMILES string of the molecule is CC(C)(C)OC(=O)NCCOc1cccc(C#CCc2ccccc2)c1. The van der Waals surface area contributed by atoms with Crippen LogP contribution in [0.5, 0.6) is 5.75 Å². The van der Waals surface area contributed by atoms with Crippen molar-refractivity contribution in [2.45, 2.75) is 32.8 Å². The first-order chi connectivity index (χ1) is 12.4. The Morgan fingerprint density at radius 2 is 1.85 bits per heavy atom. The molecule has 0 aliphatic rings. The summed E-state index contributed by atoms with van der Waals surface area (Å²) in [5.41, 5.74) is 1.59. The van der Waals surface area contributed by atoms with Crippen molar-refractivity contribution in [3.63, 3.8) is 0 Å². The Morgan fingerprint density at radius 1 is 1.08 bits per heavy atom. The van der Waals surface area contributed by atoms with Gasteiger partial charge in [0.15, 0.2) is 0 Å². The number of carbonyl (C=O) groups is 1. The molecule has 0 atom stereocenters. The summed E-state index contributed by atoms with van der Waals surface area (Å²) in [5.74, 6) is 7.04. The van der Waals surface area contributed by atoms with Gasteiger partial charge in [0.05, 0.1) is 6.54 Å². The average Bonchev–Trinajstić information content (AvgIpc) is 2.59. The molecule has 2 aromatic carbocycles. The highest BCUT2D eigenvalue weighted by Crippen LogP contribution is 2.12. The van der Waals surface area contributed by atoms with Crippen LogP contribution in [-0.2, 0) is 11.2 Å². The quantitative estimate of drug-likeness (QED) is 0.649. The largest absolute Gasteiger partial charge is 0.492 e. The normalized spacial score (nSPS) is 10.4. The Labute approximate surface area is 155 Å². The van der Waals surface area contributed by atoms with Crippen LogP contribution in [0.15, 0.2) is 54.6 Å². The zero-order valence-electron chi connectivity index (χ0n) is 15.5. The molecule has 0 spiro atoms. The van der Waals surface area contributed by atoms with E-state index >= 15 is 0 Å². The van der Waals surface area contributed by atoms with Gasteiger partial charge in [-0.05, 0) is 44.5 Å². The molecule has 0 radical (unpaired) electrons. The van der Waals surface area contributed by atoms with Crippen LogP contribution in [0.25, 0.3) is 0 Å². The third-order valence-corrected chi connectivity index (χ3v) is 3.24. The Morgan fingerprint density at radius 3 is 2.58 bits per heavy atom. The van der Waals surface area contributed by atoms with E-state index in [1.54, 1.807) is 0 Å². The van der Waals surface area contributed by atoms with Gasteiger partial charge in [-0.2, -0.15) is 0 Å². The molecule has 4 nitrogen and oxygen atoms in total. The molecule has 136 valence electrons. The Hall–Kier alpha value is -2.93. The lowest BCUT2D eigenvalue weighted by Gasteiger charge is -2.19. The summed E-state index contributed by atoms with van der Waals surface area (Å²) in [6.45, 7) is 6.22. The van der Waals surface area contributed by atoms with Crippen LogP contribution < -0.4 is 10.1 Å². The number of alkyl carbamates (subject to hydrolysis) is 1. The lowest BCUT2D eigenvalue weighted by Crippen LogP contribution is -2.34. The number of nitrogens with one attached hydrogen (secondary N) is 1. The van der Waals surface area contributed by atoms with Crippen LogP contribution in [0.4, 0.5) is 4.79 Å². The first-order valence-corrected chi connectivity index (χ1v) is 8.65. The topological polar surface area (TPSA) is 47.6 Å². The van der Waals surface area contributed by atoms with E-state index in [1.165, 1.54) is 5.56 Å². The highest BCUT2D eigenvalue weighted by Gasteiger charge is 2.15. The number of amides is 1. The van der Waals surface area contributed by atoms with E-state index in [0.29, 0.717) is 19.6 Å². The number of carbonyl (C=O) groups excluding carboxylic acids is 1. The molecule has 0 aromatic heterocycles. The van der Waals surface area contributed by atoms with Crippen molar-refractivity contribution in [1.29, 1.82) is 0 Å². The van der Waals surface area contributed by atoms with Gasteiger partial charge in [-0.25, -0.2) is 4.79 Å². The number of hydrogen-bond donors (Lipinski definition) is 1. The van der Waals surface area contributed by atoms with Gasteiger partial charge in [0.25, 0.3) is 0 Å². The van der Waals surface area contributed by atoms with E-state index in [2.05, 4.69) is 29.3 Å². The van der Waals surface area contributed by atoms with Crippen LogP contribution >= 0.6 is 0 Å². The molecule has 2 rings (SSSR count). The maximum Gasteiger partial charge on any atom is 0.407 e. The third-order valence-electron chi connectivity index (χ3n) is 3.24. The fourth-order valence-electron chi connectivity index (χ4n) is 2.14. The first kappa shape index (κ1) is 19.4. The molecule has 0 saturated carbocycles. The fraction of sp³-hybridized carbons (Fsp3) is 0.318. The second kappa shape index (κ2) is 9.53. The smallest absolute Gasteiger partial charge is 0.407 e. The van der Waals surface area contributed by atoms with Gasteiger partial charge in [-0.3, -0.25) is 0 Å². The molecular formula is C22H25NO3. The highest BCUT2D eigenvalue weighted by molar-refractivity contribution is 5.67. The summed E-state index contributed by atoms with van der Waals surface area (Å²) in [6, 6.07) is 17.8. The molecule has 1 N–H and O–H groups in total. The molecule has 0 heterocycles. The monoisotopic (exact) mass is 351 g/mol. The number of rotatable bonds is 5. The van der Waals surface area contributed by atoms with Crippen LogP contribution in [-0.4, -0.2) is 24.8 Å². The molecule has 0 fully saturated rings. The van der Waals surface area contributed by atoms with Crippen molar-refractivity contribution in [2.24, 2.45) is 0 Å². The standard InChI is InChI=1S/C22H25NO3/c1-22(2,3)26-21(24)23-15-16-25-20-14-8-13-19(17-20)12-7-11-18-9-5-4-6-10-18/h4-6,8-10,13-14,17H,11,15-16H2,1-3H3,(H,23,24). The second-order valence-corrected chi connectivity index (χ2v) is 6.77. The van der Waals surface area contributed by atoms with Gasteiger partial charge in [0.1, 0.15) is 18.0 Å². The zero-order valence-corrected chi connectivity index (χ0v) is 15.5. The maximum atomic E-state index is 11.6. The molecule has 0 aliphatic carbocycles. The van der Waals surface area contributed by atoms with Crippen LogP contribution in [0.2, 0.25) is 0 Å². The molecule has 2 aromatic rings. The summed E-state index contributed by atoms with van der Waals surface area (Å²) >= 11 is 0. The first-order valence-electron chi connectivity index (χ1n) is 8.65. The van der Waals surface area contributed by atoms with Crippen molar-refractivity contribution in [3.8, 4) is 17.6 Å². The summed E-state index contributed by atoms with van der Waals surface area (Å²) in [4.78, 5) is 11.6. The molecule has 0 bridgehead atoms. The van der Waals surface area contributed by atoms with E-state index < -0.39 is 11.7 Å². The lowest BCUT2D eigenvalue weighted by molar-refractivity contribution is 0.0520. The maximum absolute atomic E-state index is 11.6. The Kier molecular flexibility index (Phi) is 7.11. The highest BCUT2D eigenvalue weighted by atomic mass is 16.6. The van der Waals surface area contributed by atoms with Crippen molar-refractivity contribution >= 4 is 6.09 Å². The van der Waals surface area contributed by atoms with Crippen molar-refractivity contribution in [2.75, 3.05) is 13.2 Å². The van der Waals surface area contributed by atoms with Gasteiger partial charge in [-0.15, -0.1) is 0 Å². The van der Waals surface area contributed by atoms with Gasteiger partial charge >= 0.3 is 6.09 Å². The Balaban J connectivity index is 1.78.